The first kappa shape index (κ1) is 23.3. The number of fused-ring (bicyclic) bond motifs is 1. The van der Waals surface area contributed by atoms with E-state index in [0.717, 1.165) is 60.0 Å². The Hall–Kier alpha value is -2.50. The molecule has 0 radical (unpaired) electrons. The minimum Gasteiger partial charge on any atom is -0.293 e. The second-order valence-corrected chi connectivity index (χ2v) is 11.8. The molecule has 1 heterocycles. The van der Waals surface area contributed by atoms with Gasteiger partial charge in [-0.2, -0.15) is 4.31 Å². The minimum absolute atomic E-state index is 0.197. The highest BCUT2D eigenvalue weighted by Gasteiger charge is 2.47. The van der Waals surface area contributed by atoms with Gasteiger partial charge in [0.25, 0.3) is 0 Å². The Balaban J connectivity index is 1.61. The quantitative estimate of drug-likeness (QED) is 0.497. The average molecular weight is 476 g/mol. The highest BCUT2D eigenvalue weighted by atomic mass is 32.2. The van der Waals surface area contributed by atoms with Crippen LogP contribution < -0.4 is 0 Å². The van der Waals surface area contributed by atoms with Gasteiger partial charge in [0.05, 0.1) is 10.8 Å². The molecule has 178 valence electrons. The number of ketones is 1. The molecule has 2 aliphatic carbocycles. The van der Waals surface area contributed by atoms with Crippen LogP contribution in [0.1, 0.15) is 62.5 Å². The van der Waals surface area contributed by atoms with E-state index in [9.17, 15) is 13.2 Å². The molecule has 2 aromatic carbocycles. The number of benzene rings is 2. The lowest BCUT2D eigenvalue weighted by Crippen LogP contribution is -2.33. The second kappa shape index (κ2) is 9.27. The van der Waals surface area contributed by atoms with Gasteiger partial charge < -0.3 is 0 Å². The van der Waals surface area contributed by atoms with Crippen LogP contribution in [-0.2, 0) is 14.8 Å². The number of aryl methyl sites for hydroxylation is 1. The summed E-state index contributed by atoms with van der Waals surface area (Å²) in [7, 11) is -3.65. The molecule has 1 aliphatic heterocycles. The van der Waals surface area contributed by atoms with E-state index in [1.54, 1.807) is 16.4 Å². The Bertz CT molecular complexity index is 1250. The van der Waals surface area contributed by atoms with E-state index in [4.69, 9.17) is 0 Å². The maximum Gasteiger partial charge on any atom is 0.243 e. The van der Waals surface area contributed by atoms with Crippen LogP contribution in [-0.4, -0.2) is 31.6 Å². The maximum absolute atomic E-state index is 13.9. The highest BCUT2D eigenvalue weighted by Crippen LogP contribution is 2.52. The molecule has 2 aromatic rings. The van der Waals surface area contributed by atoms with E-state index >= 15 is 0 Å². The third-order valence-corrected chi connectivity index (χ3v) is 9.31. The normalized spacial score (nSPS) is 21.7. The van der Waals surface area contributed by atoms with Gasteiger partial charge in [0.2, 0.25) is 10.0 Å². The van der Waals surface area contributed by atoms with Gasteiger partial charge in [0, 0.05) is 18.7 Å². The molecule has 1 saturated carbocycles. The number of allylic oxidation sites excluding steroid dienone is 1. The van der Waals surface area contributed by atoms with Crippen molar-refractivity contribution in [3.8, 4) is 0 Å². The summed E-state index contributed by atoms with van der Waals surface area (Å²) >= 11 is 0. The molecule has 4 nitrogen and oxygen atoms in total. The SMILES string of the molecule is CCCCC1=C2C(=C(C3CC3)C(=O)[C@@H]2c2ccccc2)CN(S(=O)(=O)c2ccc(C)cc2)CC1. The predicted molar refractivity (Wildman–Crippen MR) is 135 cm³/mol. The molecule has 5 rings (SSSR count). The second-order valence-electron chi connectivity index (χ2n) is 9.90. The van der Waals surface area contributed by atoms with Crippen LogP contribution in [0.3, 0.4) is 0 Å². The molecule has 0 spiro atoms. The molecule has 0 N–H and O–H groups in total. The fourth-order valence-electron chi connectivity index (χ4n) is 5.49. The number of unbranched alkanes of at least 4 members (excludes halogenated alkanes) is 1. The van der Waals surface area contributed by atoms with Crippen LogP contribution in [0, 0.1) is 12.8 Å². The third-order valence-electron chi connectivity index (χ3n) is 7.45. The number of hydrogen-bond acceptors (Lipinski definition) is 3. The number of carbonyl (C=O) groups is 1. The predicted octanol–water partition coefficient (Wildman–Crippen LogP) is 5.95. The molecule has 34 heavy (non-hydrogen) atoms. The summed E-state index contributed by atoms with van der Waals surface area (Å²) in [6.45, 7) is 4.88. The summed E-state index contributed by atoms with van der Waals surface area (Å²) in [6, 6.07) is 17.2. The average Bonchev–Trinajstić information content (AvgIpc) is 3.65. The van der Waals surface area contributed by atoms with Crippen molar-refractivity contribution in [3.05, 3.63) is 88.0 Å². The zero-order chi connectivity index (χ0) is 23.9. The van der Waals surface area contributed by atoms with Gasteiger partial charge in [0.15, 0.2) is 5.78 Å². The summed E-state index contributed by atoms with van der Waals surface area (Å²) in [5.41, 5.74) is 6.37. The fourth-order valence-corrected chi connectivity index (χ4v) is 6.90. The van der Waals surface area contributed by atoms with Crippen LogP contribution in [0.5, 0.6) is 0 Å². The van der Waals surface area contributed by atoms with Crippen molar-refractivity contribution in [1.29, 1.82) is 0 Å². The Morgan fingerprint density at radius 3 is 2.32 bits per heavy atom. The summed E-state index contributed by atoms with van der Waals surface area (Å²) in [5, 5.41) is 0. The van der Waals surface area contributed by atoms with Crippen LogP contribution >= 0.6 is 0 Å². The van der Waals surface area contributed by atoms with Crippen LogP contribution in [0.15, 0.2) is 81.8 Å². The van der Waals surface area contributed by atoms with Gasteiger partial charge in [0.1, 0.15) is 0 Å². The zero-order valence-corrected chi connectivity index (χ0v) is 20.9. The van der Waals surface area contributed by atoms with Crippen molar-refractivity contribution in [1.82, 2.24) is 4.31 Å². The number of sulfonamides is 1. The number of rotatable bonds is 7. The van der Waals surface area contributed by atoms with E-state index in [-0.39, 0.29) is 17.6 Å². The highest BCUT2D eigenvalue weighted by molar-refractivity contribution is 7.89. The lowest BCUT2D eigenvalue weighted by Gasteiger charge is -2.22. The van der Waals surface area contributed by atoms with E-state index in [0.29, 0.717) is 24.4 Å². The van der Waals surface area contributed by atoms with Crippen LogP contribution in [0.25, 0.3) is 0 Å². The molecule has 3 aliphatic rings. The van der Waals surface area contributed by atoms with Crippen molar-refractivity contribution in [3.63, 3.8) is 0 Å². The molecule has 5 heteroatoms. The van der Waals surface area contributed by atoms with Crippen molar-refractivity contribution in [2.75, 3.05) is 13.1 Å². The third kappa shape index (κ3) is 4.20. The molecule has 0 amide bonds. The Labute approximate surface area is 203 Å². The lowest BCUT2D eigenvalue weighted by atomic mass is 9.85. The first-order chi connectivity index (χ1) is 16.4. The molecule has 0 aromatic heterocycles. The number of carbonyl (C=O) groups excluding carboxylic acids is 1. The smallest absolute Gasteiger partial charge is 0.243 e. The number of nitrogens with zero attached hydrogens (tertiary/aromatic N) is 1. The molecule has 0 unspecified atom stereocenters. The summed E-state index contributed by atoms with van der Waals surface area (Å²) < 4.78 is 29.0. The molecule has 1 fully saturated rings. The van der Waals surface area contributed by atoms with E-state index in [1.807, 2.05) is 49.4 Å². The van der Waals surface area contributed by atoms with E-state index in [2.05, 4.69) is 6.92 Å². The Kier molecular flexibility index (Phi) is 6.34. The van der Waals surface area contributed by atoms with E-state index < -0.39 is 10.0 Å². The summed E-state index contributed by atoms with van der Waals surface area (Å²) in [4.78, 5) is 14.2. The first-order valence-electron chi connectivity index (χ1n) is 12.5. The van der Waals surface area contributed by atoms with Gasteiger partial charge in [-0.15, -0.1) is 0 Å². The Morgan fingerprint density at radius 1 is 0.971 bits per heavy atom. The van der Waals surface area contributed by atoms with Gasteiger partial charge in [-0.1, -0.05) is 66.9 Å². The molecule has 0 saturated heterocycles. The van der Waals surface area contributed by atoms with Gasteiger partial charge in [-0.25, -0.2) is 8.42 Å². The Morgan fingerprint density at radius 2 is 1.68 bits per heavy atom. The van der Waals surface area contributed by atoms with Crippen molar-refractivity contribution in [2.24, 2.45) is 5.92 Å². The van der Waals surface area contributed by atoms with Crippen molar-refractivity contribution < 1.29 is 13.2 Å². The van der Waals surface area contributed by atoms with E-state index in [1.165, 1.54) is 5.57 Å². The largest absolute Gasteiger partial charge is 0.293 e. The standard InChI is InChI=1S/C29H33NO3S/c1-3-4-8-22-17-18-30(34(32,33)24-15-11-20(2)12-16-24)19-25-26(22)28(21-9-6-5-7-10-21)29(31)27(25)23-13-14-23/h5-7,9-12,15-16,23,28H,3-4,8,13-14,17-19H2,1-2H3/t28-/m1/s1. The van der Waals surface area contributed by atoms with Gasteiger partial charge >= 0.3 is 0 Å². The van der Waals surface area contributed by atoms with Gasteiger partial charge in [-0.05, 0) is 73.8 Å². The minimum atomic E-state index is -3.65. The first-order valence-corrected chi connectivity index (χ1v) is 14.0. The molecule has 1 atom stereocenters. The molecular weight excluding hydrogens is 442 g/mol. The summed E-state index contributed by atoms with van der Waals surface area (Å²) in [5.74, 6) is 0.184. The zero-order valence-electron chi connectivity index (χ0n) is 20.1. The molecule has 0 bridgehead atoms. The molecular formula is C29H33NO3S. The van der Waals surface area contributed by atoms with Gasteiger partial charge in [-0.3, -0.25) is 4.79 Å². The van der Waals surface area contributed by atoms with Crippen LogP contribution in [0.4, 0.5) is 0 Å². The lowest BCUT2D eigenvalue weighted by molar-refractivity contribution is -0.115. The summed E-state index contributed by atoms with van der Waals surface area (Å²) in [6.07, 6.45) is 5.76. The van der Waals surface area contributed by atoms with Crippen LogP contribution in [0.2, 0.25) is 0 Å². The fraction of sp³-hybridized carbons (Fsp3) is 0.414. The number of hydrogen-bond donors (Lipinski definition) is 0. The monoisotopic (exact) mass is 475 g/mol. The van der Waals surface area contributed by atoms with Crippen molar-refractivity contribution >= 4 is 15.8 Å². The number of Topliss-reactive ketones (excluding diaryl/α,β-unsaturated/α-hetero) is 1. The maximum atomic E-state index is 13.9. The van der Waals surface area contributed by atoms with Crippen molar-refractivity contribution in [2.45, 2.75) is 63.2 Å². The topological polar surface area (TPSA) is 54.5 Å².